The predicted octanol–water partition coefficient (Wildman–Crippen LogP) is 1.52. The van der Waals surface area contributed by atoms with Gasteiger partial charge in [0, 0.05) is 44.7 Å². The van der Waals surface area contributed by atoms with Crippen LogP contribution in [0.4, 0.5) is 10.5 Å². The van der Waals surface area contributed by atoms with Crippen molar-refractivity contribution >= 4 is 11.7 Å². The molecule has 0 saturated heterocycles. The lowest BCUT2D eigenvalue weighted by molar-refractivity contribution is -0.385. The van der Waals surface area contributed by atoms with Gasteiger partial charge in [-0.15, -0.1) is 10.2 Å². The number of carbonyl (C=O) groups is 1. The van der Waals surface area contributed by atoms with Crippen molar-refractivity contribution in [2.45, 2.75) is 32.9 Å². The summed E-state index contributed by atoms with van der Waals surface area (Å²) < 4.78 is 1.91. The van der Waals surface area contributed by atoms with Gasteiger partial charge in [-0.1, -0.05) is 13.0 Å². The van der Waals surface area contributed by atoms with E-state index in [4.69, 9.17) is 0 Å². The normalized spacial score (nSPS) is 13.4. The molecule has 0 fully saturated rings. The molecule has 25 heavy (non-hydrogen) atoms. The van der Waals surface area contributed by atoms with Crippen molar-refractivity contribution in [3.63, 3.8) is 0 Å². The fraction of sp³-hybridized carbons (Fsp3) is 0.438. The van der Waals surface area contributed by atoms with Gasteiger partial charge in [-0.05, 0) is 17.5 Å². The van der Waals surface area contributed by atoms with Crippen LogP contribution in [-0.2, 0) is 25.9 Å². The van der Waals surface area contributed by atoms with Crippen LogP contribution in [0.3, 0.4) is 0 Å². The van der Waals surface area contributed by atoms with E-state index in [1.165, 1.54) is 6.07 Å². The number of hydrogen-bond donors (Lipinski definition) is 1. The van der Waals surface area contributed by atoms with Crippen LogP contribution >= 0.6 is 0 Å². The van der Waals surface area contributed by atoms with Crippen LogP contribution in [0.15, 0.2) is 24.5 Å². The second-order valence-corrected chi connectivity index (χ2v) is 5.91. The first-order valence-electron chi connectivity index (χ1n) is 8.24. The smallest absolute Gasteiger partial charge is 0.317 e. The molecular formula is C16H20N6O3. The first-order valence-corrected chi connectivity index (χ1v) is 8.24. The molecule has 0 saturated carbocycles. The maximum atomic E-state index is 12.4. The minimum Gasteiger partial charge on any atom is -0.336 e. The average molecular weight is 344 g/mol. The molecule has 0 aliphatic carbocycles. The topological polar surface area (TPSA) is 106 Å². The Labute approximate surface area is 144 Å². The zero-order valence-electron chi connectivity index (χ0n) is 14.0. The zero-order valence-corrected chi connectivity index (χ0v) is 14.0. The van der Waals surface area contributed by atoms with E-state index in [2.05, 4.69) is 15.5 Å². The van der Waals surface area contributed by atoms with Gasteiger partial charge in [0.2, 0.25) is 0 Å². The van der Waals surface area contributed by atoms with E-state index >= 15 is 0 Å². The number of nitro groups is 1. The summed E-state index contributed by atoms with van der Waals surface area (Å²) >= 11 is 0. The van der Waals surface area contributed by atoms with Crippen molar-refractivity contribution in [1.29, 1.82) is 0 Å². The van der Waals surface area contributed by atoms with Crippen LogP contribution in [0.2, 0.25) is 0 Å². The maximum absolute atomic E-state index is 12.4. The minimum absolute atomic E-state index is 0.0562. The number of rotatable bonds is 5. The number of hydrogen-bond acceptors (Lipinski definition) is 5. The van der Waals surface area contributed by atoms with E-state index < -0.39 is 4.92 Å². The van der Waals surface area contributed by atoms with Gasteiger partial charge in [-0.25, -0.2) is 4.79 Å². The maximum Gasteiger partial charge on any atom is 0.317 e. The number of nitrogens with one attached hydrogen (secondary N) is 1. The molecule has 2 amide bonds. The van der Waals surface area contributed by atoms with E-state index in [1.807, 2.05) is 11.5 Å². The summed E-state index contributed by atoms with van der Waals surface area (Å²) in [7, 11) is 0. The molecule has 2 aromatic rings. The summed E-state index contributed by atoms with van der Waals surface area (Å²) in [5.74, 6) is 0.883. The zero-order chi connectivity index (χ0) is 17.8. The number of benzene rings is 1. The van der Waals surface area contributed by atoms with Gasteiger partial charge < -0.3 is 14.8 Å². The number of amides is 2. The lowest BCUT2D eigenvalue weighted by Gasteiger charge is -2.28. The van der Waals surface area contributed by atoms with Gasteiger partial charge in [-0.3, -0.25) is 10.1 Å². The number of fused-ring (bicyclic) bond motifs is 1. The third kappa shape index (κ3) is 3.76. The SMILES string of the molecule is CCc1nncn1CCNC(=O)N1CCc2ccc([N+](=O)[O-])cc2C1. The molecule has 0 atom stereocenters. The van der Waals surface area contributed by atoms with Crippen molar-refractivity contribution in [2.75, 3.05) is 13.1 Å². The van der Waals surface area contributed by atoms with Gasteiger partial charge in [0.15, 0.2) is 0 Å². The lowest BCUT2D eigenvalue weighted by Crippen LogP contribution is -2.43. The quantitative estimate of drug-likeness (QED) is 0.654. The van der Waals surface area contributed by atoms with Crippen LogP contribution < -0.4 is 5.32 Å². The Bertz CT molecular complexity index is 788. The average Bonchev–Trinajstić information content (AvgIpc) is 3.08. The Morgan fingerprint density at radius 1 is 1.40 bits per heavy atom. The molecule has 0 bridgehead atoms. The van der Waals surface area contributed by atoms with E-state index in [1.54, 1.807) is 23.4 Å². The monoisotopic (exact) mass is 344 g/mol. The molecule has 3 rings (SSSR count). The largest absolute Gasteiger partial charge is 0.336 e. The molecule has 1 aromatic carbocycles. The first-order chi connectivity index (χ1) is 12.1. The Morgan fingerprint density at radius 2 is 2.24 bits per heavy atom. The Balaban J connectivity index is 1.57. The van der Waals surface area contributed by atoms with Gasteiger partial charge in [0.05, 0.1) is 4.92 Å². The highest BCUT2D eigenvalue weighted by atomic mass is 16.6. The number of urea groups is 1. The van der Waals surface area contributed by atoms with Crippen LogP contribution in [0, 0.1) is 10.1 Å². The number of carbonyl (C=O) groups excluding carboxylic acids is 1. The molecule has 9 nitrogen and oxygen atoms in total. The molecule has 1 aliphatic rings. The van der Waals surface area contributed by atoms with Crippen molar-refractivity contribution in [3.8, 4) is 0 Å². The van der Waals surface area contributed by atoms with Crippen molar-refractivity contribution in [1.82, 2.24) is 25.0 Å². The number of non-ortho nitro benzene ring substituents is 1. The molecule has 0 unspecified atom stereocenters. The van der Waals surface area contributed by atoms with Crippen LogP contribution in [0.1, 0.15) is 23.9 Å². The Kier molecular flexibility index (Phi) is 4.92. The van der Waals surface area contributed by atoms with Crippen molar-refractivity contribution in [3.05, 3.63) is 51.6 Å². The molecule has 9 heteroatoms. The summed E-state index contributed by atoms with van der Waals surface area (Å²) in [6, 6.07) is 4.68. The first kappa shape index (κ1) is 16.9. The second-order valence-electron chi connectivity index (χ2n) is 5.91. The van der Waals surface area contributed by atoms with Gasteiger partial charge in [-0.2, -0.15) is 0 Å². The summed E-state index contributed by atoms with van der Waals surface area (Å²) in [5, 5.41) is 21.7. The number of nitro benzene ring substituents is 1. The molecule has 1 N–H and O–H groups in total. The molecule has 132 valence electrons. The predicted molar refractivity (Wildman–Crippen MR) is 90.0 cm³/mol. The van der Waals surface area contributed by atoms with Crippen molar-refractivity contribution in [2.24, 2.45) is 0 Å². The van der Waals surface area contributed by atoms with Crippen molar-refractivity contribution < 1.29 is 9.72 Å². The van der Waals surface area contributed by atoms with E-state index in [0.717, 1.165) is 23.4 Å². The Morgan fingerprint density at radius 3 is 3.00 bits per heavy atom. The summed E-state index contributed by atoms with van der Waals surface area (Å²) in [6.07, 6.45) is 3.14. The molecule has 2 heterocycles. The highest BCUT2D eigenvalue weighted by molar-refractivity contribution is 5.74. The lowest BCUT2D eigenvalue weighted by atomic mass is 9.99. The highest BCUT2D eigenvalue weighted by Gasteiger charge is 2.22. The standard InChI is InChI=1S/C16H20N6O3/c1-2-15-19-18-11-21(15)8-6-17-16(23)20-7-5-12-3-4-14(22(24)25)9-13(12)10-20/h3-4,9,11H,2,5-8,10H2,1H3,(H,17,23). The van der Waals surface area contributed by atoms with E-state index in [-0.39, 0.29) is 11.7 Å². The summed E-state index contributed by atoms with van der Waals surface area (Å²) in [6.45, 7) is 4.07. The van der Waals surface area contributed by atoms with Crippen LogP contribution in [0.5, 0.6) is 0 Å². The number of nitrogens with zero attached hydrogens (tertiary/aromatic N) is 5. The molecule has 1 aliphatic heterocycles. The second kappa shape index (κ2) is 7.29. The molecule has 0 spiro atoms. The summed E-state index contributed by atoms with van der Waals surface area (Å²) in [4.78, 5) is 24.5. The number of aryl methyl sites for hydroxylation is 1. The van der Waals surface area contributed by atoms with E-state index in [9.17, 15) is 14.9 Å². The fourth-order valence-electron chi connectivity index (χ4n) is 2.96. The number of aromatic nitrogens is 3. The molecule has 0 radical (unpaired) electrons. The van der Waals surface area contributed by atoms with Crippen LogP contribution in [0.25, 0.3) is 0 Å². The minimum atomic E-state index is -0.413. The van der Waals surface area contributed by atoms with Gasteiger partial charge in [0.1, 0.15) is 12.2 Å². The van der Waals surface area contributed by atoms with Gasteiger partial charge >= 0.3 is 6.03 Å². The Hall–Kier alpha value is -2.97. The molecule has 1 aromatic heterocycles. The van der Waals surface area contributed by atoms with E-state index in [0.29, 0.717) is 32.6 Å². The fourth-order valence-corrected chi connectivity index (χ4v) is 2.96. The van der Waals surface area contributed by atoms with Crippen LogP contribution in [-0.4, -0.2) is 43.7 Å². The summed E-state index contributed by atoms with van der Waals surface area (Å²) in [5.41, 5.74) is 1.95. The molecular weight excluding hydrogens is 324 g/mol. The third-order valence-corrected chi connectivity index (χ3v) is 4.34. The highest BCUT2D eigenvalue weighted by Crippen LogP contribution is 2.23. The third-order valence-electron chi connectivity index (χ3n) is 4.34. The van der Waals surface area contributed by atoms with Gasteiger partial charge in [0.25, 0.3) is 5.69 Å².